The number of halogens is 1. The lowest BCUT2D eigenvalue weighted by atomic mass is 10.2. The maximum absolute atomic E-state index is 12.8. The van der Waals surface area contributed by atoms with Crippen molar-refractivity contribution < 1.29 is 22.5 Å². The fraction of sp³-hybridized carbons (Fsp3) is 0.133. The average Bonchev–Trinajstić information content (AvgIpc) is 2.54. The molecule has 2 aromatic rings. The van der Waals surface area contributed by atoms with E-state index in [2.05, 4.69) is 5.32 Å². The Labute approximate surface area is 142 Å². The van der Waals surface area contributed by atoms with Gasteiger partial charge < -0.3 is 5.32 Å². The fourth-order valence-corrected chi connectivity index (χ4v) is 3.48. The normalized spacial score (nSPS) is 11.1. The molecule has 2 N–H and O–H groups in total. The van der Waals surface area contributed by atoms with Gasteiger partial charge in [-0.05, 0) is 36.8 Å². The summed E-state index contributed by atoms with van der Waals surface area (Å²) in [4.78, 5) is 21.5. The number of nitro benzene ring substituents is 1. The van der Waals surface area contributed by atoms with Gasteiger partial charge in [-0.15, -0.1) is 0 Å². The molecular weight excluding hydrogens is 353 g/mol. The molecule has 0 heterocycles. The van der Waals surface area contributed by atoms with Gasteiger partial charge in [0.1, 0.15) is 5.82 Å². The van der Waals surface area contributed by atoms with Gasteiger partial charge in [0.2, 0.25) is 15.9 Å². The van der Waals surface area contributed by atoms with Gasteiger partial charge in [-0.3, -0.25) is 14.9 Å². The van der Waals surface area contributed by atoms with Crippen LogP contribution in [0.15, 0.2) is 47.4 Å². The molecule has 0 unspecified atom stereocenters. The van der Waals surface area contributed by atoms with Crippen molar-refractivity contribution >= 4 is 27.3 Å². The van der Waals surface area contributed by atoms with Crippen molar-refractivity contribution in [3.63, 3.8) is 0 Å². The number of amides is 1. The highest BCUT2D eigenvalue weighted by Crippen LogP contribution is 2.26. The minimum absolute atomic E-state index is 0.181. The lowest BCUT2D eigenvalue weighted by molar-refractivity contribution is -0.387. The van der Waals surface area contributed by atoms with E-state index < -0.39 is 43.8 Å². The van der Waals surface area contributed by atoms with Gasteiger partial charge in [0.15, 0.2) is 4.90 Å². The number of aryl methyl sites for hydroxylation is 1. The van der Waals surface area contributed by atoms with E-state index in [9.17, 15) is 27.7 Å². The van der Waals surface area contributed by atoms with Crippen LogP contribution in [0.25, 0.3) is 0 Å². The number of sulfonamides is 1. The third-order valence-corrected chi connectivity index (χ3v) is 4.80. The Morgan fingerprint density at radius 3 is 2.44 bits per heavy atom. The van der Waals surface area contributed by atoms with Gasteiger partial charge in [0.05, 0.1) is 11.5 Å². The molecule has 0 bridgehead atoms. The zero-order valence-electron chi connectivity index (χ0n) is 13.0. The van der Waals surface area contributed by atoms with Crippen molar-refractivity contribution in [1.82, 2.24) is 4.72 Å². The van der Waals surface area contributed by atoms with Crippen LogP contribution in [0, 0.1) is 22.9 Å². The van der Waals surface area contributed by atoms with Gasteiger partial charge in [0, 0.05) is 11.8 Å². The summed E-state index contributed by atoms with van der Waals surface area (Å²) < 4.78 is 39.5. The lowest BCUT2D eigenvalue weighted by Gasteiger charge is -2.10. The van der Waals surface area contributed by atoms with Crippen LogP contribution < -0.4 is 10.0 Å². The molecule has 0 saturated heterocycles. The first kappa shape index (κ1) is 18.5. The molecule has 2 rings (SSSR count). The molecule has 0 aliphatic rings. The van der Waals surface area contributed by atoms with Crippen LogP contribution >= 0.6 is 0 Å². The van der Waals surface area contributed by atoms with Gasteiger partial charge in [0.25, 0.3) is 5.69 Å². The first-order valence-corrected chi connectivity index (χ1v) is 8.48. The molecule has 0 saturated carbocycles. The quantitative estimate of drug-likeness (QED) is 0.598. The summed E-state index contributed by atoms with van der Waals surface area (Å²) in [6.45, 7) is 0.783. The highest BCUT2D eigenvalue weighted by molar-refractivity contribution is 7.89. The molecule has 132 valence electrons. The number of anilines is 1. The van der Waals surface area contributed by atoms with E-state index in [0.717, 1.165) is 18.2 Å². The molecule has 0 atom stereocenters. The van der Waals surface area contributed by atoms with Crippen LogP contribution in [0.3, 0.4) is 0 Å². The summed E-state index contributed by atoms with van der Waals surface area (Å²) >= 11 is 0. The Morgan fingerprint density at radius 1 is 1.20 bits per heavy atom. The Bertz CT molecular complexity index is 913. The molecule has 25 heavy (non-hydrogen) atoms. The predicted molar refractivity (Wildman–Crippen MR) is 88.1 cm³/mol. The van der Waals surface area contributed by atoms with Crippen LogP contribution in [-0.4, -0.2) is 25.8 Å². The van der Waals surface area contributed by atoms with Crippen molar-refractivity contribution in [2.45, 2.75) is 11.8 Å². The Hall–Kier alpha value is -2.85. The van der Waals surface area contributed by atoms with E-state index >= 15 is 0 Å². The number of nitrogens with one attached hydrogen (secondary N) is 2. The second-order valence-corrected chi connectivity index (χ2v) is 6.76. The van der Waals surface area contributed by atoms with E-state index in [0.29, 0.717) is 0 Å². The SMILES string of the molecule is Cc1cccc([N+](=O)[O-])c1S(=O)(=O)NCC(=O)Nc1ccc(F)cc1. The van der Waals surface area contributed by atoms with Crippen LogP contribution in [0.1, 0.15) is 5.56 Å². The topological polar surface area (TPSA) is 118 Å². The molecule has 8 nitrogen and oxygen atoms in total. The minimum atomic E-state index is -4.27. The van der Waals surface area contributed by atoms with Crippen molar-refractivity contribution in [2.75, 3.05) is 11.9 Å². The average molecular weight is 367 g/mol. The summed E-state index contributed by atoms with van der Waals surface area (Å²) in [7, 11) is -4.27. The van der Waals surface area contributed by atoms with Gasteiger partial charge >= 0.3 is 0 Å². The monoisotopic (exact) mass is 367 g/mol. The van der Waals surface area contributed by atoms with Crippen LogP contribution in [0.5, 0.6) is 0 Å². The number of hydrogen-bond donors (Lipinski definition) is 2. The Morgan fingerprint density at radius 2 is 1.84 bits per heavy atom. The Balaban J connectivity index is 2.13. The summed E-state index contributed by atoms with van der Waals surface area (Å²) in [5.74, 6) is -1.18. The second-order valence-electron chi connectivity index (χ2n) is 5.06. The highest BCUT2D eigenvalue weighted by Gasteiger charge is 2.28. The number of benzene rings is 2. The maximum Gasteiger partial charge on any atom is 0.289 e. The molecule has 1 amide bonds. The zero-order chi connectivity index (χ0) is 18.6. The van der Waals surface area contributed by atoms with E-state index in [1.165, 1.54) is 31.2 Å². The third-order valence-electron chi connectivity index (χ3n) is 3.21. The lowest BCUT2D eigenvalue weighted by Crippen LogP contribution is -2.33. The molecule has 0 aliphatic carbocycles. The van der Waals surface area contributed by atoms with E-state index in [-0.39, 0.29) is 11.3 Å². The van der Waals surface area contributed by atoms with Crippen LogP contribution in [-0.2, 0) is 14.8 Å². The van der Waals surface area contributed by atoms with Gasteiger partial charge in [-0.2, -0.15) is 0 Å². The summed E-state index contributed by atoms with van der Waals surface area (Å²) in [5, 5.41) is 13.4. The molecule has 10 heteroatoms. The van der Waals surface area contributed by atoms with Crippen molar-refractivity contribution in [3.8, 4) is 0 Å². The number of nitro groups is 1. The van der Waals surface area contributed by atoms with Gasteiger partial charge in [-0.1, -0.05) is 12.1 Å². The zero-order valence-corrected chi connectivity index (χ0v) is 13.8. The van der Waals surface area contributed by atoms with E-state index in [1.807, 2.05) is 4.72 Å². The van der Waals surface area contributed by atoms with Crippen molar-refractivity contribution in [1.29, 1.82) is 0 Å². The van der Waals surface area contributed by atoms with Crippen LogP contribution in [0.2, 0.25) is 0 Å². The van der Waals surface area contributed by atoms with Gasteiger partial charge in [-0.25, -0.2) is 17.5 Å². The number of hydrogen-bond acceptors (Lipinski definition) is 5. The molecule has 0 fully saturated rings. The number of carbonyl (C=O) groups is 1. The van der Waals surface area contributed by atoms with E-state index in [4.69, 9.17) is 0 Å². The Kier molecular flexibility index (Phi) is 5.45. The standard InChI is InChI=1S/C15H14FN3O5S/c1-10-3-2-4-13(19(21)22)15(10)25(23,24)17-9-14(20)18-12-7-5-11(16)6-8-12/h2-8,17H,9H2,1H3,(H,18,20). The second kappa shape index (κ2) is 7.36. The predicted octanol–water partition coefficient (Wildman–Crippen LogP) is 1.96. The third kappa shape index (κ3) is 4.58. The molecule has 0 aromatic heterocycles. The molecule has 2 aromatic carbocycles. The maximum atomic E-state index is 12.8. The molecular formula is C15H14FN3O5S. The molecule has 0 aliphatic heterocycles. The minimum Gasteiger partial charge on any atom is -0.325 e. The summed E-state index contributed by atoms with van der Waals surface area (Å²) in [5.41, 5.74) is -0.112. The number of nitrogens with zero attached hydrogens (tertiary/aromatic N) is 1. The first-order valence-electron chi connectivity index (χ1n) is 7.00. The number of carbonyl (C=O) groups excluding carboxylic acids is 1. The van der Waals surface area contributed by atoms with E-state index in [1.54, 1.807) is 0 Å². The molecule has 0 spiro atoms. The van der Waals surface area contributed by atoms with Crippen molar-refractivity contribution in [3.05, 3.63) is 64.0 Å². The largest absolute Gasteiger partial charge is 0.325 e. The summed E-state index contributed by atoms with van der Waals surface area (Å²) in [6, 6.07) is 8.75. The van der Waals surface area contributed by atoms with Crippen molar-refractivity contribution in [2.24, 2.45) is 0 Å². The highest BCUT2D eigenvalue weighted by atomic mass is 32.2. The fourth-order valence-electron chi connectivity index (χ4n) is 2.10. The molecule has 0 radical (unpaired) electrons. The van der Waals surface area contributed by atoms with Crippen LogP contribution in [0.4, 0.5) is 15.8 Å². The first-order chi connectivity index (χ1) is 11.7. The smallest absolute Gasteiger partial charge is 0.289 e. The number of rotatable bonds is 6. The summed E-state index contributed by atoms with van der Waals surface area (Å²) in [6.07, 6.45) is 0.